The number of benzene rings is 2. The smallest absolute Gasteiger partial charge is 0.330 e. The van der Waals surface area contributed by atoms with Gasteiger partial charge in [0.05, 0.1) is 7.11 Å². The first-order valence-corrected chi connectivity index (χ1v) is 9.53. The minimum absolute atomic E-state index is 0.161. The monoisotopic (exact) mass is 378 g/mol. The molecule has 1 aliphatic rings. The maximum absolute atomic E-state index is 14.8. The number of para-hydroxylation sites is 1. The fourth-order valence-electron chi connectivity index (χ4n) is 3.97. The van der Waals surface area contributed by atoms with Gasteiger partial charge in [-0.25, -0.2) is 9.18 Å². The number of fused-ring (bicyclic) bond motifs is 2. The van der Waals surface area contributed by atoms with E-state index < -0.39 is 5.97 Å². The van der Waals surface area contributed by atoms with Crippen molar-refractivity contribution in [2.75, 3.05) is 13.7 Å². The highest BCUT2D eigenvalue weighted by Crippen LogP contribution is 2.34. The second-order valence-corrected chi connectivity index (χ2v) is 7.05. The van der Waals surface area contributed by atoms with Crippen LogP contribution in [0.1, 0.15) is 34.7 Å². The van der Waals surface area contributed by atoms with Crippen molar-refractivity contribution in [2.24, 2.45) is 0 Å². The van der Waals surface area contributed by atoms with Crippen LogP contribution in [0.3, 0.4) is 0 Å². The first kappa shape index (κ1) is 18.4. The Labute approximate surface area is 163 Å². The Kier molecular flexibility index (Phi) is 5.26. The van der Waals surface area contributed by atoms with Gasteiger partial charge in [-0.3, -0.25) is 0 Å². The number of nitrogens with one attached hydrogen (secondary N) is 2. The zero-order chi connectivity index (χ0) is 19.5. The molecule has 4 nitrogen and oxygen atoms in total. The lowest BCUT2D eigenvalue weighted by atomic mass is 10.0. The summed E-state index contributed by atoms with van der Waals surface area (Å²) in [7, 11) is 1.30. The number of methoxy groups -OCH3 is 1. The van der Waals surface area contributed by atoms with Crippen LogP contribution in [-0.4, -0.2) is 24.6 Å². The molecule has 1 heterocycles. The highest BCUT2D eigenvalue weighted by Gasteiger charge is 2.25. The third-order valence-corrected chi connectivity index (χ3v) is 5.43. The van der Waals surface area contributed by atoms with E-state index in [4.69, 9.17) is 0 Å². The topological polar surface area (TPSA) is 54.1 Å². The van der Waals surface area contributed by atoms with Crippen molar-refractivity contribution in [3.8, 4) is 0 Å². The quantitative estimate of drug-likeness (QED) is 0.496. The first-order chi connectivity index (χ1) is 13.7. The van der Waals surface area contributed by atoms with Crippen molar-refractivity contribution in [3.05, 3.63) is 76.7 Å². The molecule has 0 fully saturated rings. The number of esters is 1. The van der Waals surface area contributed by atoms with E-state index in [0.29, 0.717) is 12.0 Å². The zero-order valence-electron chi connectivity index (χ0n) is 15.8. The van der Waals surface area contributed by atoms with Crippen LogP contribution in [0.15, 0.2) is 48.7 Å². The third kappa shape index (κ3) is 3.58. The molecule has 1 unspecified atom stereocenters. The molecule has 3 aromatic rings. The number of aromatic nitrogens is 1. The van der Waals surface area contributed by atoms with Crippen LogP contribution < -0.4 is 5.32 Å². The summed E-state index contributed by atoms with van der Waals surface area (Å²) < 4.78 is 19.3. The van der Waals surface area contributed by atoms with Crippen LogP contribution in [-0.2, 0) is 22.4 Å². The lowest BCUT2D eigenvalue weighted by molar-refractivity contribution is -0.134. The van der Waals surface area contributed by atoms with Crippen LogP contribution in [0.2, 0.25) is 0 Å². The minimum Gasteiger partial charge on any atom is -0.466 e. The average molecular weight is 378 g/mol. The Morgan fingerprint density at radius 3 is 3.04 bits per heavy atom. The van der Waals surface area contributed by atoms with Gasteiger partial charge in [0.2, 0.25) is 0 Å². The number of hydrogen-bond donors (Lipinski definition) is 2. The minimum atomic E-state index is -0.489. The summed E-state index contributed by atoms with van der Waals surface area (Å²) in [6, 6.07) is 12.1. The summed E-state index contributed by atoms with van der Waals surface area (Å²) in [6.45, 7) is 0.831. The van der Waals surface area contributed by atoms with E-state index in [9.17, 15) is 9.18 Å². The zero-order valence-corrected chi connectivity index (χ0v) is 15.8. The van der Waals surface area contributed by atoms with Crippen molar-refractivity contribution in [2.45, 2.75) is 25.3 Å². The number of rotatable bonds is 6. The van der Waals surface area contributed by atoms with Crippen molar-refractivity contribution < 1.29 is 13.9 Å². The van der Waals surface area contributed by atoms with Crippen molar-refractivity contribution in [3.63, 3.8) is 0 Å². The van der Waals surface area contributed by atoms with Crippen LogP contribution >= 0.6 is 0 Å². The number of halogens is 1. The Balaban J connectivity index is 1.43. The van der Waals surface area contributed by atoms with Crippen molar-refractivity contribution in [1.29, 1.82) is 0 Å². The molecule has 4 rings (SSSR count). The summed E-state index contributed by atoms with van der Waals surface area (Å²) in [5.41, 5.74) is 4.63. The SMILES string of the molecule is COC(=O)/C=C/c1ccc2c(c1F)CCC2NCCc1c[nH]c2ccccc12. The van der Waals surface area contributed by atoms with Gasteiger partial charge in [0, 0.05) is 34.8 Å². The van der Waals surface area contributed by atoms with E-state index >= 15 is 0 Å². The number of aromatic amines is 1. The van der Waals surface area contributed by atoms with Crippen LogP contribution in [0.5, 0.6) is 0 Å². The van der Waals surface area contributed by atoms with E-state index in [2.05, 4.69) is 39.4 Å². The molecule has 0 bridgehead atoms. The number of ether oxygens (including phenoxy) is 1. The second-order valence-electron chi connectivity index (χ2n) is 7.05. The molecule has 5 heteroatoms. The van der Waals surface area contributed by atoms with Crippen LogP contribution in [0.4, 0.5) is 4.39 Å². The summed E-state index contributed by atoms with van der Waals surface area (Å²) >= 11 is 0. The molecule has 0 saturated carbocycles. The third-order valence-electron chi connectivity index (χ3n) is 5.43. The Hall–Kier alpha value is -2.92. The molecule has 144 valence electrons. The predicted molar refractivity (Wildman–Crippen MR) is 109 cm³/mol. The van der Waals surface area contributed by atoms with E-state index in [0.717, 1.165) is 36.0 Å². The number of H-pyrrole nitrogens is 1. The van der Waals surface area contributed by atoms with Gasteiger partial charge in [-0.1, -0.05) is 30.3 Å². The molecule has 0 spiro atoms. The van der Waals surface area contributed by atoms with Crippen molar-refractivity contribution >= 4 is 22.9 Å². The standard InChI is InChI=1S/C23H23FN2O2/c1-28-22(27)11-7-15-6-8-18-19(23(15)24)9-10-21(18)25-13-12-16-14-26-20-5-3-2-4-17(16)20/h2-8,11,14,21,25-26H,9-10,12-13H2,1H3/b11-7+. The van der Waals surface area contributed by atoms with Gasteiger partial charge in [-0.2, -0.15) is 0 Å². The van der Waals surface area contributed by atoms with E-state index in [1.165, 1.54) is 30.2 Å². The molecule has 0 saturated heterocycles. The average Bonchev–Trinajstić information content (AvgIpc) is 3.32. The van der Waals surface area contributed by atoms with Gasteiger partial charge in [0.25, 0.3) is 0 Å². The van der Waals surface area contributed by atoms with E-state index in [1.807, 2.05) is 12.1 Å². The van der Waals surface area contributed by atoms with Gasteiger partial charge >= 0.3 is 5.97 Å². The molecule has 2 N–H and O–H groups in total. The number of carbonyl (C=O) groups excluding carboxylic acids is 1. The lowest BCUT2D eigenvalue weighted by Crippen LogP contribution is -2.21. The fourth-order valence-corrected chi connectivity index (χ4v) is 3.97. The largest absolute Gasteiger partial charge is 0.466 e. The maximum atomic E-state index is 14.8. The van der Waals surface area contributed by atoms with Crippen LogP contribution in [0.25, 0.3) is 17.0 Å². The van der Waals surface area contributed by atoms with Gasteiger partial charge in [-0.05, 0) is 54.6 Å². The summed E-state index contributed by atoms with van der Waals surface area (Å²) in [5, 5.41) is 4.83. The van der Waals surface area contributed by atoms with Gasteiger partial charge < -0.3 is 15.0 Å². The lowest BCUT2D eigenvalue weighted by Gasteiger charge is -2.14. The first-order valence-electron chi connectivity index (χ1n) is 9.53. The number of hydrogen-bond acceptors (Lipinski definition) is 3. The molecular weight excluding hydrogens is 355 g/mol. The molecule has 1 atom stereocenters. The van der Waals surface area contributed by atoms with Crippen molar-refractivity contribution in [1.82, 2.24) is 10.3 Å². The molecule has 1 aliphatic carbocycles. The molecule has 0 amide bonds. The highest BCUT2D eigenvalue weighted by atomic mass is 19.1. The highest BCUT2D eigenvalue weighted by molar-refractivity contribution is 5.87. The molecule has 0 aliphatic heterocycles. The maximum Gasteiger partial charge on any atom is 0.330 e. The molecule has 0 radical (unpaired) electrons. The normalized spacial score (nSPS) is 16.0. The molecule has 28 heavy (non-hydrogen) atoms. The molecule has 1 aromatic heterocycles. The molecule has 2 aromatic carbocycles. The Bertz CT molecular complexity index is 1040. The summed E-state index contributed by atoms with van der Waals surface area (Å²) in [5.74, 6) is -0.727. The molecular formula is C23H23FN2O2. The van der Waals surface area contributed by atoms with Crippen LogP contribution in [0, 0.1) is 5.82 Å². The number of carbonyl (C=O) groups is 1. The summed E-state index contributed by atoms with van der Waals surface area (Å²) in [6.07, 6.45) is 7.28. The van der Waals surface area contributed by atoms with E-state index in [-0.39, 0.29) is 11.9 Å². The fraction of sp³-hybridized carbons (Fsp3) is 0.261. The second kappa shape index (κ2) is 7.98. The Morgan fingerprint density at radius 1 is 1.32 bits per heavy atom. The summed E-state index contributed by atoms with van der Waals surface area (Å²) in [4.78, 5) is 14.5. The predicted octanol–water partition coefficient (Wildman–Crippen LogP) is 4.31. The van der Waals surface area contributed by atoms with E-state index in [1.54, 1.807) is 6.07 Å². The van der Waals surface area contributed by atoms with Gasteiger partial charge in [0.1, 0.15) is 5.82 Å². The van der Waals surface area contributed by atoms with Gasteiger partial charge in [-0.15, -0.1) is 0 Å². The Morgan fingerprint density at radius 2 is 2.18 bits per heavy atom. The van der Waals surface area contributed by atoms with Gasteiger partial charge in [0.15, 0.2) is 0 Å².